The largest absolute Gasteiger partial charge is 0.357 e. The summed E-state index contributed by atoms with van der Waals surface area (Å²) >= 11 is 6.20. The second-order valence-corrected chi connectivity index (χ2v) is 10.3. The van der Waals surface area contributed by atoms with Gasteiger partial charge in [0.1, 0.15) is 10.7 Å². The Hall–Kier alpha value is -2.16. The summed E-state index contributed by atoms with van der Waals surface area (Å²) in [5.41, 5.74) is 1.15. The van der Waals surface area contributed by atoms with Crippen molar-refractivity contribution in [1.29, 1.82) is 0 Å². The molecule has 0 radical (unpaired) electrons. The van der Waals surface area contributed by atoms with E-state index in [1.807, 2.05) is 12.1 Å². The SMILES string of the molecule is O=C(NCc1ccc(N2CCCC2)nc1)c1ccc(Cl)c(S(=O)(=O)N2CCCCC2)c1. The molecule has 0 unspecified atom stereocenters. The standard InChI is InChI=1S/C22H27ClN4O3S/c23-19-8-7-18(14-20(19)31(29,30)27-12-2-1-3-13-27)22(28)25-16-17-6-9-21(24-15-17)26-10-4-5-11-26/h6-9,14-15H,1-5,10-13,16H2,(H,25,28). The number of carbonyl (C=O) groups is 1. The van der Waals surface area contributed by atoms with Gasteiger partial charge in [0.15, 0.2) is 0 Å². The smallest absolute Gasteiger partial charge is 0.251 e. The number of carbonyl (C=O) groups excluding carboxylic acids is 1. The van der Waals surface area contributed by atoms with E-state index in [4.69, 9.17) is 11.6 Å². The molecule has 2 fully saturated rings. The molecule has 0 saturated carbocycles. The number of piperidine rings is 1. The van der Waals surface area contributed by atoms with E-state index in [0.717, 1.165) is 43.7 Å². The molecule has 9 heteroatoms. The Morgan fingerprint density at radius 1 is 1.00 bits per heavy atom. The van der Waals surface area contributed by atoms with Gasteiger partial charge in [-0.3, -0.25) is 4.79 Å². The number of sulfonamides is 1. The third-order valence-corrected chi connectivity index (χ3v) is 8.20. The van der Waals surface area contributed by atoms with Crippen molar-refractivity contribution in [2.24, 2.45) is 0 Å². The summed E-state index contributed by atoms with van der Waals surface area (Å²) in [5.74, 6) is 0.605. The van der Waals surface area contributed by atoms with Crippen LogP contribution >= 0.6 is 11.6 Å². The molecule has 1 aromatic carbocycles. The van der Waals surface area contributed by atoms with Gasteiger partial charge in [-0.05, 0) is 55.5 Å². The lowest BCUT2D eigenvalue weighted by molar-refractivity contribution is 0.0950. The molecule has 2 saturated heterocycles. The number of hydrogen-bond acceptors (Lipinski definition) is 5. The molecule has 7 nitrogen and oxygen atoms in total. The number of amides is 1. The fourth-order valence-corrected chi connectivity index (χ4v) is 6.04. The topological polar surface area (TPSA) is 82.6 Å². The predicted octanol–water partition coefficient (Wildman–Crippen LogP) is 3.44. The third-order valence-electron chi connectivity index (χ3n) is 5.82. The molecule has 0 spiro atoms. The zero-order chi connectivity index (χ0) is 21.8. The lowest BCUT2D eigenvalue weighted by Crippen LogP contribution is -2.36. The first-order chi connectivity index (χ1) is 14.9. The van der Waals surface area contributed by atoms with Gasteiger partial charge in [0, 0.05) is 44.5 Å². The molecular weight excluding hydrogens is 436 g/mol. The molecule has 0 aliphatic carbocycles. The van der Waals surface area contributed by atoms with Crippen LogP contribution in [0.1, 0.15) is 48.0 Å². The summed E-state index contributed by atoms with van der Waals surface area (Å²) in [4.78, 5) is 19.4. The molecule has 2 aliphatic rings. The second-order valence-electron chi connectivity index (χ2n) is 8.01. The van der Waals surface area contributed by atoms with Crippen LogP contribution in [-0.2, 0) is 16.6 Å². The van der Waals surface area contributed by atoms with Crippen molar-refractivity contribution >= 4 is 33.3 Å². The number of halogens is 1. The molecule has 4 rings (SSSR count). The Morgan fingerprint density at radius 3 is 2.39 bits per heavy atom. The first-order valence-electron chi connectivity index (χ1n) is 10.7. The Kier molecular flexibility index (Phi) is 6.79. The lowest BCUT2D eigenvalue weighted by atomic mass is 10.2. The highest BCUT2D eigenvalue weighted by Gasteiger charge is 2.28. The zero-order valence-electron chi connectivity index (χ0n) is 17.4. The molecule has 2 aromatic rings. The number of nitrogens with one attached hydrogen (secondary N) is 1. The van der Waals surface area contributed by atoms with Gasteiger partial charge in [0.05, 0.1) is 5.02 Å². The molecule has 166 valence electrons. The number of anilines is 1. The van der Waals surface area contributed by atoms with Crippen LogP contribution in [0.3, 0.4) is 0 Å². The highest BCUT2D eigenvalue weighted by molar-refractivity contribution is 7.89. The fourth-order valence-electron chi connectivity index (χ4n) is 4.03. The molecule has 2 aliphatic heterocycles. The minimum Gasteiger partial charge on any atom is -0.357 e. The first-order valence-corrected chi connectivity index (χ1v) is 12.5. The molecule has 3 heterocycles. The van der Waals surface area contributed by atoms with Crippen molar-refractivity contribution < 1.29 is 13.2 Å². The summed E-state index contributed by atoms with van der Waals surface area (Å²) in [7, 11) is -3.72. The van der Waals surface area contributed by atoms with E-state index in [1.165, 1.54) is 29.3 Å². The summed E-state index contributed by atoms with van der Waals surface area (Å²) in [5, 5.41) is 2.97. The van der Waals surface area contributed by atoms with Crippen molar-refractivity contribution in [2.45, 2.75) is 43.5 Å². The lowest BCUT2D eigenvalue weighted by Gasteiger charge is -2.26. The van der Waals surface area contributed by atoms with Gasteiger partial charge in [-0.25, -0.2) is 13.4 Å². The van der Waals surface area contributed by atoms with Crippen LogP contribution in [0.15, 0.2) is 41.4 Å². The molecule has 0 bridgehead atoms. The molecule has 1 amide bonds. The molecule has 1 N–H and O–H groups in total. The van der Waals surface area contributed by atoms with Crippen molar-refractivity contribution in [3.8, 4) is 0 Å². The van der Waals surface area contributed by atoms with E-state index in [2.05, 4.69) is 15.2 Å². The van der Waals surface area contributed by atoms with Crippen LogP contribution in [0.5, 0.6) is 0 Å². The van der Waals surface area contributed by atoms with Gasteiger partial charge in [0.2, 0.25) is 10.0 Å². The van der Waals surface area contributed by atoms with Crippen LogP contribution in [0.4, 0.5) is 5.82 Å². The van der Waals surface area contributed by atoms with E-state index in [1.54, 1.807) is 12.3 Å². The van der Waals surface area contributed by atoms with Crippen LogP contribution in [0.25, 0.3) is 0 Å². The average Bonchev–Trinajstić information content (AvgIpc) is 3.33. The van der Waals surface area contributed by atoms with Gasteiger partial charge in [-0.1, -0.05) is 24.1 Å². The summed E-state index contributed by atoms with van der Waals surface area (Å²) in [6.45, 7) is 3.33. The monoisotopic (exact) mass is 462 g/mol. The molecular formula is C22H27ClN4O3S. The minimum absolute atomic E-state index is 0.0136. The van der Waals surface area contributed by atoms with E-state index in [-0.39, 0.29) is 21.4 Å². The molecule has 31 heavy (non-hydrogen) atoms. The number of nitrogens with zero attached hydrogens (tertiary/aromatic N) is 3. The summed E-state index contributed by atoms with van der Waals surface area (Å²) in [6.07, 6.45) is 6.84. The van der Waals surface area contributed by atoms with E-state index in [9.17, 15) is 13.2 Å². The maximum atomic E-state index is 13.0. The second kappa shape index (κ2) is 9.54. The Labute approximate surface area is 188 Å². The Balaban J connectivity index is 1.43. The summed E-state index contributed by atoms with van der Waals surface area (Å²) in [6, 6.07) is 8.31. The molecule has 1 aromatic heterocycles. The number of rotatable bonds is 6. The van der Waals surface area contributed by atoms with Crippen LogP contribution in [0.2, 0.25) is 5.02 Å². The van der Waals surface area contributed by atoms with Crippen molar-refractivity contribution in [3.63, 3.8) is 0 Å². The van der Waals surface area contributed by atoms with Crippen molar-refractivity contribution in [3.05, 3.63) is 52.7 Å². The highest BCUT2D eigenvalue weighted by atomic mass is 35.5. The first kappa shape index (κ1) is 22.0. The van der Waals surface area contributed by atoms with Crippen LogP contribution in [-0.4, -0.2) is 49.8 Å². The fraction of sp³-hybridized carbons (Fsp3) is 0.455. The maximum Gasteiger partial charge on any atom is 0.251 e. The normalized spacial score (nSPS) is 17.6. The minimum atomic E-state index is -3.72. The number of benzene rings is 1. The van der Waals surface area contributed by atoms with Crippen molar-refractivity contribution in [2.75, 3.05) is 31.1 Å². The van der Waals surface area contributed by atoms with Crippen LogP contribution in [0, 0.1) is 0 Å². The van der Waals surface area contributed by atoms with E-state index in [0.29, 0.717) is 19.6 Å². The average molecular weight is 463 g/mol. The van der Waals surface area contributed by atoms with Crippen LogP contribution < -0.4 is 10.2 Å². The quantitative estimate of drug-likeness (QED) is 0.711. The predicted molar refractivity (Wildman–Crippen MR) is 121 cm³/mol. The number of aromatic nitrogens is 1. The van der Waals surface area contributed by atoms with Gasteiger partial charge in [-0.15, -0.1) is 0 Å². The van der Waals surface area contributed by atoms with Gasteiger partial charge < -0.3 is 10.2 Å². The Morgan fingerprint density at radius 2 is 1.71 bits per heavy atom. The van der Waals surface area contributed by atoms with Gasteiger partial charge in [0.25, 0.3) is 5.91 Å². The third kappa shape index (κ3) is 5.02. The van der Waals surface area contributed by atoms with Gasteiger partial charge in [-0.2, -0.15) is 4.31 Å². The summed E-state index contributed by atoms with van der Waals surface area (Å²) < 4.78 is 27.5. The van der Waals surface area contributed by atoms with Gasteiger partial charge >= 0.3 is 0 Å². The van der Waals surface area contributed by atoms with E-state index >= 15 is 0 Å². The Bertz CT molecular complexity index is 1030. The van der Waals surface area contributed by atoms with E-state index < -0.39 is 10.0 Å². The zero-order valence-corrected chi connectivity index (χ0v) is 19.0. The molecule has 0 atom stereocenters. The number of pyridine rings is 1. The number of hydrogen-bond donors (Lipinski definition) is 1. The van der Waals surface area contributed by atoms with Crippen molar-refractivity contribution in [1.82, 2.24) is 14.6 Å². The maximum absolute atomic E-state index is 13.0. The highest BCUT2D eigenvalue weighted by Crippen LogP contribution is 2.28.